The first-order valence-electron chi connectivity index (χ1n) is 7.70. The zero-order valence-electron chi connectivity index (χ0n) is 13.7. The van der Waals surface area contributed by atoms with Crippen LogP contribution in [0.5, 0.6) is 5.75 Å². The number of methoxy groups -OCH3 is 1. The quantitative estimate of drug-likeness (QED) is 0.549. The maximum absolute atomic E-state index is 13.0. The van der Waals surface area contributed by atoms with Gasteiger partial charge in [-0.05, 0) is 54.1 Å². The van der Waals surface area contributed by atoms with Crippen LogP contribution in [0, 0.1) is 0 Å². The zero-order chi connectivity index (χ0) is 17.4. The van der Waals surface area contributed by atoms with Crippen molar-refractivity contribution in [3.63, 3.8) is 0 Å². The van der Waals surface area contributed by atoms with Crippen molar-refractivity contribution in [2.24, 2.45) is 0 Å². The van der Waals surface area contributed by atoms with Crippen molar-refractivity contribution in [3.8, 4) is 5.75 Å². The molecule has 0 N–H and O–H groups in total. The lowest BCUT2D eigenvalue weighted by molar-refractivity contribution is 0.0519. The number of nitrogens with zero attached hydrogens (tertiary/aromatic N) is 1. The number of aromatic nitrogens is 1. The van der Waals surface area contributed by atoms with E-state index in [0.29, 0.717) is 16.2 Å². The third-order valence-electron chi connectivity index (χ3n) is 4.02. The molecule has 1 aromatic heterocycles. The molecule has 0 aliphatic heterocycles. The van der Waals surface area contributed by atoms with Crippen molar-refractivity contribution in [1.29, 1.82) is 0 Å². The number of thioether (sulfide) groups is 1. The number of rotatable bonds is 5. The summed E-state index contributed by atoms with van der Waals surface area (Å²) in [6.45, 7) is 1.97. The summed E-state index contributed by atoms with van der Waals surface area (Å²) in [4.78, 5) is 25.4. The standard InChI is InChI=1S/C17H18BrNO4S/c1-4-23-17(21)12-14(20)10-7-8-11(18)15(22-2)13(10)19(9-5-6-9)16(12)24-3/h7-9H,4-6H2,1-3H3. The van der Waals surface area contributed by atoms with Crippen LogP contribution in [0.4, 0.5) is 0 Å². The fourth-order valence-electron chi connectivity index (χ4n) is 2.88. The molecule has 0 radical (unpaired) electrons. The monoisotopic (exact) mass is 411 g/mol. The van der Waals surface area contributed by atoms with E-state index in [1.54, 1.807) is 26.2 Å². The minimum absolute atomic E-state index is 0.119. The van der Waals surface area contributed by atoms with E-state index < -0.39 is 5.97 Å². The van der Waals surface area contributed by atoms with Crippen LogP contribution in [0.2, 0.25) is 0 Å². The summed E-state index contributed by atoms with van der Waals surface area (Å²) < 4.78 is 13.5. The van der Waals surface area contributed by atoms with E-state index in [2.05, 4.69) is 20.5 Å². The van der Waals surface area contributed by atoms with Gasteiger partial charge in [-0.25, -0.2) is 4.79 Å². The van der Waals surface area contributed by atoms with E-state index in [0.717, 1.165) is 22.8 Å². The van der Waals surface area contributed by atoms with Gasteiger partial charge < -0.3 is 14.0 Å². The maximum Gasteiger partial charge on any atom is 0.344 e. The van der Waals surface area contributed by atoms with E-state index >= 15 is 0 Å². The average Bonchev–Trinajstić information content (AvgIpc) is 3.39. The van der Waals surface area contributed by atoms with Gasteiger partial charge in [-0.2, -0.15) is 0 Å². The first-order chi connectivity index (χ1) is 11.5. The number of carbonyl (C=O) groups is 1. The topological polar surface area (TPSA) is 57.5 Å². The Labute approximate surface area is 152 Å². The summed E-state index contributed by atoms with van der Waals surface area (Å²) in [6.07, 6.45) is 3.90. The minimum atomic E-state index is -0.565. The van der Waals surface area contributed by atoms with Gasteiger partial charge in [0.1, 0.15) is 5.56 Å². The predicted octanol–water partition coefficient (Wildman–Crippen LogP) is 4.01. The second kappa shape index (κ2) is 6.80. The molecule has 24 heavy (non-hydrogen) atoms. The summed E-state index contributed by atoms with van der Waals surface area (Å²) in [6, 6.07) is 3.77. The van der Waals surface area contributed by atoms with E-state index in [4.69, 9.17) is 9.47 Å². The molecule has 7 heteroatoms. The maximum atomic E-state index is 13.0. The van der Waals surface area contributed by atoms with Crippen LogP contribution in [0.15, 0.2) is 26.4 Å². The van der Waals surface area contributed by atoms with Crippen LogP contribution in [-0.4, -0.2) is 30.5 Å². The van der Waals surface area contributed by atoms with Crippen molar-refractivity contribution >= 4 is 44.6 Å². The number of hydrogen-bond acceptors (Lipinski definition) is 5. The van der Waals surface area contributed by atoms with Gasteiger partial charge in [-0.1, -0.05) is 0 Å². The second-order valence-electron chi connectivity index (χ2n) is 5.51. The summed E-state index contributed by atoms with van der Waals surface area (Å²) in [5, 5.41) is 1.12. The van der Waals surface area contributed by atoms with Gasteiger partial charge in [0.05, 0.1) is 34.1 Å². The lowest BCUT2D eigenvalue weighted by atomic mass is 10.1. The highest BCUT2D eigenvalue weighted by Gasteiger charge is 2.33. The number of esters is 1. The molecule has 0 saturated heterocycles. The van der Waals surface area contributed by atoms with Crippen LogP contribution >= 0.6 is 27.7 Å². The molecule has 1 aromatic carbocycles. The van der Waals surface area contributed by atoms with Crippen LogP contribution < -0.4 is 10.2 Å². The van der Waals surface area contributed by atoms with Crippen molar-refractivity contribution < 1.29 is 14.3 Å². The Hall–Kier alpha value is -1.47. The van der Waals surface area contributed by atoms with Crippen LogP contribution in [-0.2, 0) is 4.74 Å². The predicted molar refractivity (Wildman–Crippen MR) is 98.5 cm³/mol. The number of hydrogen-bond donors (Lipinski definition) is 0. The first kappa shape index (κ1) is 17.4. The normalized spacial score (nSPS) is 14.0. The molecule has 1 saturated carbocycles. The molecule has 3 rings (SSSR count). The number of fused-ring (bicyclic) bond motifs is 1. The largest absolute Gasteiger partial charge is 0.493 e. The van der Waals surface area contributed by atoms with Gasteiger partial charge in [0, 0.05) is 6.04 Å². The Kier molecular flexibility index (Phi) is 4.92. The van der Waals surface area contributed by atoms with Crippen molar-refractivity contribution in [1.82, 2.24) is 4.57 Å². The van der Waals surface area contributed by atoms with Gasteiger partial charge in [0.15, 0.2) is 5.75 Å². The fraction of sp³-hybridized carbons (Fsp3) is 0.412. The summed E-state index contributed by atoms with van der Waals surface area (Å²) >= 11 is 4.88. The molecule has 1 fully saturated rings. The van der Waals surface area contributed by atoms with E-state index in [1.807, 2.05) is 6.26 Å². The Balaban J connectivity index is 2.47. The average molecular weight is 412 g/mol. The molecule has 0 bridgehead atoms. The van der Waals surface area contributed by atoms with E-state index in [-0.39, 0.29) is 23.6 Å². The van der Waals surface area contributed by atoms with Gasteiger partial charge in [0.25, 0.3) is 0 Å². The summed E-state index contributed by atoms with van der Waals surface area (Å²) in [5.41, 5.74) is 0.542. The molecule has 1 heterocycles. The van der Waals surface area contributed by atoms with E-state index in [1.165, 1.54) is 11.8 Å². The Morgan fingerprint density at radius 1 is 1.42 bits per heavy atom. The third-order valence-corrected chi connectivity index (χ3v) is 5.43. The fourth-order valence-corrected chi connectivity index (χ4v) is 4.18. The van der Waals surface area contributed by atoms with Crippen molar-refractivity contribution in [2.75, 3.05) is 20.0 Å². The van der Waals surface area contributed by atoms with Crippen molar-refractivity contribution in [3.05, 3.63) is 32.4 Å². The highest BCUT2D eigenvalue weighted by atomic mass is 79.9. The SMILES string of the molecule is CCOC(=O)c1c(SC)n(C2CC2)c2c(OC)c(Br)ccc2c1=O. The summed E-state index contributed by atoms with van der Waals surface area (Å²) in [5.74, 6) is 0.0484. The number of benzene rings is 1. The van der Waals surface area contributed by atoms with Gasteiger partial charge in [-0.3, -0.25) is 4.79 Å². The molecule has 0 unspecified atom stereocenters. The van der Waals surface area contributed by atoms with Gasteiger partial charge in [-0.15, -0.1) is 11.8 Å². The molecule has 1 aliphatic rings. The third kappa shape index (κ3) is 2.73. The molecule has 128 valence electrons. The second-order valence-corrected chi connectivity index (χ2v) is 7.16. The molecule has 0 spiro atoms. The number of pyridine rings is 1. The van der Waals surface area contributed by atoms with Crippen LogP contribution in [0.25, 0.3) is 10.9 Å². The highest BCUT2D eigenvalue weighted by Crippen LogP contribution is 2.44. The molecule has 1 aliphatic carbocycles. The summed E-state index contributed by atoms with van der Waals surface area (Å²) in [7, 11) is 1.58. The van der Waals surface area contributed by atoms with Crippen LogP contribution in [0.1, 0.15) is 36.2 Å². The van der Waals surface area contributed by atoms with Gasteiger partial charge >= 0.3 is 5.97 Å². The smallest absolute Gasteiger partial charge is 0.344 e. The Morgan fingerprint density at radius 2 is 2.12 bits per heavy atom. The molecule has 5 nitrogen and oxygen atoms in total. The lowest BCUT2D eigenvalue weighted by Gasteiger charge is -2.20. The molecule has 0 atom stereocenters. The van der Waals surface area contributed by atoms with Crippen LogP contribution in [0.3, 0.4) is 0 Å². The molecular weight excluding hydrogens is 394 g/mol. The minimum Gasteiger partial charge on any atom is -0.493 e. The lowest BCUT2D eigenvalue weighted by Crippen LogP contribution is -2.23. The van der Waals surface area contributed by atoms with Crippen molar-refractivity contribution in [2.45, 2.75) is 30.8 Å². The number of carbonyl (C=O) groups excluding carboxylic acids is 1. The molecule has 0 amide bonds. The van der Waals surface area contributed by atoms with E-state index in [9.17, 15) is 9.59 Å². The Morgan fingerprint density at radius 3 is 2.67 bits per heavy atom. The molecular formula is C17H18BrNO4S. The first-order valence-corrected chi connectivity index (χ1v) is 9.72. The zero-order valence-corrected chi connectivity index (χ0v) is 16.1. The number of ether oxygens (including phenoxy) is 2. The Bertz CT molecular complexity index is 873. The highest BCUT2D eigenvalue weighted by molar-refractivity contribution is 9.10. The number of halogens is 1. The molecule has 2 aromatic rings. The van der Waals surface area contributed by atoms with Gasteiger partial charge in [0.2, 0.25) is 5.43 Å².